The molecule has 0 amide bonds. The zero-order chi connectivity index (χ0) is 9.26. The van der Waals surface area contributed by atoms with E-state index in [4.69, 9.17) is 4.74 Å². The van der Waals surface area contributed by atoms with Crippen LogP contribution in [0.2, 0.25) is 0 Å². The van der Waals surface area contributed by atoms with Crippen LogP contribution in [0.5, 0.6) is 0 Å². The van der Waals surface area contributed by atoms with Crippen molar-refractivity contribution in [1.82, 2.24) is 9.78 Å². The van der Waals surface area contributed by atoms with Crippen LogP contribution in [-0.4, -0.2) is 16.4 Å². The van der Waals surface area contributed by atoms with Crippen molar-refractivity contribution in [2.24, 2.45) is 0 Å². The minimum absolute atomic E-state index is 0.183. The van der Waals surface area contributed by atoms with Crippen molar-refractivity contribution in [2.45, 2.75) is 39.3 Å². The van der Waals surface area contributed by atoms with Crippen LogP contribution in [0.3, 0.4) is 0 Å². The van der Waals surface area contributed by atoms with Crippen molar-refractivity contribution in [3.63, 3.8) is 0 Å². The summed E-state index contributed by atoms with van der Waals surface area (Å²) < 4.78 is 7.67. The lowest BCUT2D eigenvalue weighted by Crippen LogP contribution is -2.20. The summed E-state index contributed by atoms with van der Waals surface area (Å²) in [7, 11) is 0. The van der Waals surface area contributed by atoms with Crippen molar-refractivity contribution >= 4 is 0 Å². The van der Waals surface area contributed by atoms with Gasteiger partial charge in [0.05, 0.1) is 5.69 Å². The van der Waals surface area contributed by atoms with E-state index in [1.807, 2.05) is 11.6 Å². The molecule has 1 aromatic rings. The van der Waals surface area contributed by atoms with E-state index in [-0.39, 0.29) is 6.23 Å². The summed E-state index contributed by atoms with van der Waals surface area (Å²) in [4.78, 5) is 0. The van der Waals surface area contributed by atoms with E-state index in [1.54, 1.807) is 0 Å². The standard InChI is InChI=1S/C10H16N2O/c1-8-7-9(2)12(11-8)10-5-3-4-6-13-10/h7,10H,3-6H2,1-2H3/t10-/m0/s1. The topological polar surface area (TPSA) is 27.1 Å². The van der Waals surface area contributed by atoms with E-state index in [0.29, 0.717) is 0 Å². The third kappa shape index (κ3) is 1.75. The summed E-state index contributed by atoms with van der Waals surface area (Å²) >= 11 is 0. The summed E-state index contributed by atoms with van der Waals surface area (Å²) in [5.41, 5.74) is 2.27. The molecule has 1 aliphatic rings. The first-order valence-electron chi connectivity index (χ1n) is 4.92. The third-order valence-corrected chi connectivity index (χ3v) is 2.47. The highest BCUT2D eigenvalue weighted by Crippen LogP contribution is 2.23. The van der Waals surface area contributed by atoms with Crippen molar-refractivity contribution in [3.8, 4) is 0 Å². The summed E-state index contributed by atoms with van der Waals surface area (Å²) in [6, 6.07) is 2.10. The van der Waals surface area contributed by atoms with E-state index >= 15 is 0 Å². The average Bonchev–Trinajstić information content (AvgIpc) is 2.47. The number of aromatic nitrogens is 2. The van der Waals surface area contributed by atoms with Crippen LogP contribution in [0.4, 0.5) is 0 Å². The van der Waals surface area contributed by atoms with Crippen LogP contribution in [0.15, 0.2) is 6.07 Å². The predicted octanol–water partition coefficient (Wildman–Crippen LogP) is 2.20. The van der Waals surface area contributed by atoms with Crippen LogP contribution in [0, 0.1) is 13.8 Å². The second kappa shape index (κ2) is 3.50. The van der Waals surface area contributed by atoms with Gasteiger partial charge in [-0.25, -0.2) is 4.68 Å². The Kier molecular flexibility index (Phi) is 2.36. The Hall–Kier alpha value is -0.830. The van der Waals surface area contributed by atoms with Crippen LogP contribution < -0.4 is 0 Å². The second-order valence-corrected chi connectivity index (χ2v) is 3.69. The molecule has 2 rings (SSSR count). The SMILES string of the molecule is Cc1cc(C)n([C@@H]2CCCCO2)n1. The number of hydrogen-bond acceptors (Lipinski definition) is 2. The Morgan fingerprint density at radius 2 is 2.31 bits per heavy atom. The lowest BCUT2D eigenvalue weighted by molar-refractivity contribution is -0.0407. The van der Waals surface area contributed by atoms with Crippen LogP contribution >= 0.6 is 0 Å². The van der Waals surface area contributed by atoms with Gasteiger partial charge in [0.1, 0.15) is 6.23 Å². The Morgan fingerprint density at radius 3 is 2.85 bits per heavy atom. The zero-order valence-corrected chi connectivity index (χ0v) is 8.29. The van der Waals surface area contributed by atoms with E-state index in [0.717, 1.165) is 18.7 Å². The Labute approximate surface area is 78.7 Å². The molecule has 1 fully saturated rings. The Balaban J connectivity index is 2.18. The first kappa shape index (κ1) is 8.75. The molecule has 1 atom stereocenters. The fourth-order valence-corrected chi connectivity index (χ4v) is 1.85. The number of rotatable bonds is 1. The number of aryl methyl sites for hydroxylation is 2. The first-order chi connectivity index (χ1) is 6.27. The van der Waals surface area contributed by atoms with Gasteiger partial charge >= 0.3 is 0 Å². The molecule has 3 heteroatoms. The van der Waals surface area contributed by atoms with Gasteiger partial charge in [0.15, 0.2) is 0 Å². The number of ether oxygens (including phenoxy) is 1. The summed E-state index contributed by atoms with van der Waals surface area (Å²) in [6.07, 6.45) is 3.73. The van der Waals surface area contributed by atoms with Gasteiger partial charge in [0, 0.05) is 12.3 Å². The van der Waals surface area contributed by atoms with Crippen LogP contribution in [-0.2, 0) is 4.74 Å². The van der Waals surface area contributed by atoms with E-state index in [1.165, 1.54) is 18.5 Å². The Morgan fingerprint density at radius 1 is 1.46 bits per heavy atom. The van der Waals surface area contributed by atoms with Gasteiger partial charge in [-0.15, -0.1) is 0 Å². The van der Waals surface area contributed by atoms with E-state index in [9.17, 15) is 0 Å². The lowest BCUT2D eigenvalue weighted by Gasteiger charge is -2.23. The van der Waals surface area contributed by atoms with Gasteiger partial charge in [-0.3, -0.25) is 0 Å². The molecule has 0 spiro atoms. The monoisotopic (exact) mass is 180 g/mol. The molecule has 0 aliphatic carbocycles. The van der Waals surface area contributed by atoms with Crippen molar-refractivity contribution in [2.75, 3.05) is 6.61 Å². The maximum absolute atomic E-state index is 5.66. The van der Waals surface area contributed by atoms with Gasteiger partial charge in [0.2, 0.25) is 0 Å². The molecule has 3 nitrogen and oxygen atoms in total. The summed E-state index contributed by atoms with van der Waals surface area (Å²) in [5, 5.41) is 4.43. The molecule has 72 valence electrons. The fourth-order valence-electron chi connectivity index (χ4n) is 1.85. The fraction of sp³-hybridized carbons (Fsp3) is 0.700. The van der Waals surface area contributed by atoms with E-state index < -0.39 is 0 Å². The molecule has 0 saturated carbocycles. The minimum atomic E-state index is 0.183. The van der Waals surface area contributed by atoms with Crippen LogP contribution in [0.25, 0.3) is 0 Å². The lowest BCUT2D eigenvalue weighted by atomic mass is 10.2. The highest BCUT2D eigenvalue weighted by atomic mass is 16.5. The predicted molar refractivity (Wildman–Crippen MR) is 50.5 cm³/mol. The highest BCUT2D eigenvalue weighted by molar-refractivity contribution is 5.07. The highest BCUT2D eigenvalue weighted by Gasteiger charge is 2.17. The quantitative estimate of drug-likeness (QED) is 0.662. The van der Waals surface area contributed by atoms with Gasteiger partial charge in [-0.2, -0.15) is 5.10 Å². The smallest absolute Gasteiger partial charge is 0.150 e. The molecule has 0 radical (unpaired) electrons. The normalized spacial score (nSPS) is 23.4. The number of nitrogens with zero attached hydrogens (tertiary/aromatic N) is 2. The third-order valence-electron chi connectivity index (χ3n) is 2.47. The molecule has 0 bridgehead atoms. The summed E-state index contributed by atoms with van der Waals surface area (Å²) in [6.45, 7) is 4.98. The molecule has 0 unspecified atom stereocenters. The minimum Gasteiger partial charge on any atom is -0.357 e. The van der Waals surface area contributed by atoms with Crippen molar-refractivity contribution in [3.05, 3.63) is 17.5 Å². The molecular weight excluding hydrogens is 164 g/mol. The zero-order valence-electron chi connectivity index (χ0n) is 8.29. The van der Waals surface area contributed by atoms with Gasteiger partial charge in [-0.05, 0) is 39.2 Å². The number of hydrogen-bond donors (Lipinski definition) is 0. The molecule has 13 heavy (non-hydrogen) atoms. The first-order valence-corrected chi connectivity index (χ1v) is 4.92. The molecule has 1 saturated heterocycles. The molecule has 1 aliphatic heterocycles. The van der Waals surface area contributed by atoms with Crippen molar-refractivity contribution in [1.29, 1.82) is 0 Å². The van der Waals surface area contributed by atoms with Gasteiger partial charge < -0.3 is 4.74 Å². The molecule has 1 aromatic heterocycles. The van der Waals surface area contributed by atoms with Crippen molar-refractivity contribution < 1.29 is 4.74 Å². The van der Waals surface area contributed by atoms with Gasteiger partial charge in [-0.1, -0.05) is 0 Å². The Bertz CT molecular complexity index is 287. The van der Waals surface area contributed by atoms with E-state index in [2.05, 4.69) is 18.1 Å². The molecular formula is C10H16N2O. The average molecular weight is 180 g/mol. The molecule has 0 N–H and O–H groups in total. The maximum Gasteiger partial charge on any atom is 0.150 e. The second-order valence-electron chi connectivity index (χ2n) is 3.69. The van der Waals surface area contributed by atoms with Crippen LogP contribution in [0.1, 0.15) is 36.9 Å². The maximum atomic E-state index is 5.66. The molecule has 0 aromatic carbocycles. The molecule has 2 heterocycles. The summed E-state index contributed by atoms with van der Waals surface area (Å²) in [5.74, 6) is 0. The largest absolute Gasteiger partial charge is 0.357 e. The van der Waals surface area contributed by atoms with Gasteiger partial charge in [0.25, 0.3) is 0 Å².